The number of aliphatic hydroxyl groups excluding tert-OH is 1. The maximum Gasteiger partial charge on any atom is 0.317 e. The smallest absolute Gasteiger partial charge is 0.317 e. The van der Waals surface area contributed by atoms with E-state index >= 15 is 0 Å². The first-order chi connectivity index (χ1) is 10.6. The van der Waals surface area contributed by atoms with E-state index in [1.807, 2.05) is 6.92 Å². The maximum absolute atomic E-state index is 11.8. The van der Waals surface area contributed by atoms with Gasteiger partial charge in [0.15, 0.2) is 0 Å². The zero-order valence-corrected chi connectivity index (χ0v) is 13.6. The van der Waals surface area contributed by atoms with Gasteiger partial charge in [-0.1, -0.05) is 24.3 Å². The molecule has 0 bridgehead atoms. The molecule has 5 heteroatoms. The van der Waals surface area contributed by atoms with E-state index in [1.165, 1.54) is 16.0 Å². The second-order valence-electron chi connectivity index (χ2n) is 6.02. The Morgan fingerprint density at radius 2 is 2.14 bits per heavy atom. The Kier molecular flexibility index (Phi) is 6.21. The molecule has 2 N–H and O–H groups in total. The predicted octanol–water partition coefficient (Wildman–Crippen LogP) is 1.46. The summed E-state index contributed by atoms with van der Waals surface area (Å²) in [5.74, 6) is 0. The molecule has 1 aliphatic heterocycles. The summed E-state index contributed by atoms with van der Waals surface area (Å²) in [6, 6.07) is 8.35. The molecule has 2 amide bonds. The largest absolute Gasteiger partial charge is 0.394 e. The number of aliphatic hydroxyl groups is 1. The Bertz CT molecular complexity index is 493. The van der Waals surface area contributed by atoms with E-state index in [1.54, 1.807) is 7.05 Å². The first-order valence-electron chi connectivity index (χ1n) is 8.02. The molecule has 0 radical (unpaired) electrons. The average Bonchev–Trinajstić information content (AvgIpc) is 2.56. The molecule has 1 heterocycles. The third-order valence-corrected chi connectivity index (χ3v) is 4.38. The summed E-state index contributed by atoms with van der Waals surface area (Å²) in [6.07, 6.45) is 2.05. The van der Waals surface area contributed by atoms with E-state index in [0.717, 1.165) is 32.5 Å². The molecule has 0 saturated heterocycles. The van der Waals surface area contributed by atoms with Crippen molar-refractivity contribution in [3.63, 3.8) is 0 Å². The topological polar surface area (TPSA) is 55.8 Å². The van der Waals surface area contributed by atoms with E-state index in [0.29, 0.717) is 6.54 Å². The number of hydrogen-bond donors (Lipinski definition) is 2. The van der Waals surface area contributed by atoms with E-state index in [9.17, 15) is 4.79 Å². The molecule has 122 valence electrons. The van der Waals surface area contributed by atoms with Gasteiger partial charge in [0.25, 0.3) is 0 Å². The summed E-state index contributed by atoms with van der Waals surface area (Å²) in [5, 5.41) is 12.0. The van der Waals surface area contributed by atoms with Crippen molar-refractivity contribution in [3.8, 4) is 0 Å². The highest BCUT2D eigenvalue weighted by Gasteiger charge is 2.16. The Balaban J connectivity index is 1.67. The van der Waals surface area contributed by atoms with Gasteiger partial charge in [-0.15, -0.1) is 0 Å². The summed E-state index contributed by atoms with van der Waals surface area (Å²) in [6.45, 7) is 5.56. The van der Waals surface area contributed by atoms with Crippen LogP contribution in [0.25, 0.3) is 0 Å². The molecular weight excluding hydrogens is 278 g/mol. The second-order valence-corrected chi connectivity index (χ2v) is 6.02. The first-order valence-corrected chi connectivity index (χ1v) is 8.02. The van der Waals surface area contributed by atoms with Crippen LogP contribution < -0.4 is 5.32 Å². The lowest BCUT2D eigenvalue weighted by molar-refractivity contribution is 0.157. The molecule has 0 saturated carbocycles. The molecule has 0 fully saturated rings. The van der Waals surface area contributed by atoms with Gasteiger partial charge in [-0.3, -0.25) is 4.90 Å². The standard InChI is InChI=1S/C17H27N3O2/c1-14(13-21)19(2)17(22)18-9-5-10-20-11-8-15-6-3-4-7-16(15)12-20/h3-4,6-7,14,21H,5,8-13H2,1-2H3,(H,18,22). The minimum absolute atomic E-state index is 0.0168. The third kappa shape index (κ3) is 4.45. The number of nitrogens with one attached hydrogen (secondary N) is 1. The number of benzene rings is 1. The predicted molar refractivity (Wildman–Crippen MR) is 87.7 cm³/mol. The minimum Gasteiger partial charge on any atom is -0.394 e. The van der Waals surface area contributed by atoms with Gasteiger partial charge in [-0.25, -0.2) is 4.79 Å². The third-order valence-electron chi connectivity index (χ3n) is 4.38. The number of amides is 2. The number of fused-ring (bicyclic) bond motifs is 1. The van der Waals surface area contributed by atoms with Crippen molar-refractivity contribution in [2.45, 2.75) is 32.4 Å². The van der Waals surface area contributed by atoms with Crippen molar-refractivity contribution in [2.75, 3.05) is 33.3 Å². The Hall–Kier alpha value is -1.59. The van der Waals surface area contributed by atoms with Gasteiger partial charge in [-0.05, 0) is 30.9 Å². The molecule has 22 heavy (non-hydrogen) atoms. The van der Waals surface area contributed by atoms with Gasteiger partial charge in [-0.2, -0.15) is 0 Å². The molecule has 0 aliphatic carbocycles. The van der Waals surface area contributed by atoms with Crippen molar-refractivity contribution < 1.29 is 9.90 Å². The minimum atomic E-state index is -0.154. The van der Waals surface area contributed by atoms with E-state index in [-0.39, 0.29) is 18.7 Å². The summed E-state index contributed by atoms with van der Waals surface area (Å²) in [4.78, 5) is 15.8. The van der Waals surface area contributed by atoms with Crippen LogP contribution in [0.15, 0.2) is 24.3 Å². The maximum atomic E-state index is 11.8. The molecule has 1 aromatic carbocycles. The van der Waals surface area contributed by atoms with E-state index in [2.05, 4.69) is 34.5 Å². The number of nitrogens with zero attached hydrogens (tertiary/aromatic N) is 2. The van der Waals surface area contributed by atoms with Gasteiger partial charge in [0.05, 0.1) is 12.6 Å². The van der Waals surface area contributed by atoms with Crippen LogP contribution in [-0.4, -0.2) is 60.3 Å². The lowest BCUT2D eigenvalue weighted by Gasteiger charge is -2.29. The van der Waals surface area contributed by atoms with Gasteiger partial charge < -0.3 is 15.3 Å². The van der Waals surface area contributed by atoms with Gasteiger partial charge in [0, 0.05) is 33.2 Å². The molecule has 0 spiro atoms. The van der Waals surface area contributed by atoms with Crippen LogP contribution in [0.5, 0.6) is 0 Å². The number of urea groups is 1. The highest BCUT2D eigenvalue weighted by molar-refractivity contribution is 5.74. The first kappa shape index (κ1) is 16.8. The van der Waals surface area contributed by atoms with Gasteiger partial charge in [0.2, 0.25) is 0 Å². The molecule has 1 aromatic rings. The van der Waals surface area contributed by atoms with Crippen LogP contribution in [0.3, 0.4) is 0 Å². The van der Waals surface area contributed by atoms with E-state index in [4.69, 9.17) is 5.11 Å². The van der Waals surface area contributed by atoms with Crippen LogP contribution in [0.1, 0.15) is 24.5 Å². The lowest BCUT2D eigenvalue weighted by Crippen LogP contribution is -2.44. The Morgan fingerprint density at radius 1 is 1.41 bits per heavy atom. The quantitative estimate of drug-likeness (QED) is 0.782. The van der Waals surface area contributed by atoms with Gasteiger partial charge in [0.1, 0.15) is 0 Å². The monoisotopic (exact) mass is 305 g/mol. The fourth-order valence-corrected chi connectivity index (χ4v) is 2.69. The summed E-state index contributed by atoms with van der Waals surface area (Å²) >= 11 is 0. The van der Waals surface area contributed by atoms with Crippen LogP contribution in [0.2, 0.25) is 0 Å². The van der Waals surface area contributed by atoms with Crippen LogP contribution in [0, 0.1) is 0 Å². The SMILES string of the molecule is CC(CO)N(C)C(=O)NCCCN1CCc2ccccc2C1. The number of hydrogen-bond acceptors (Lipinski definition) is 3. The zero-order valence-electron chi connectivity index (χ0n) is 13.6. The summed E-state index contributed by atoms with van der Waals surface area (Å²) in [7, 11) is 1.71. The lowest BCUT2D eigenvalue weighted by atomic mass is 10.00. The Labute approximate surface area is 132 Å². The highest BCUT2D eigenvalue weighted by Crippen LogP contribution is 2.18. The van der Waals surface area contributed by atoms with Crippen molar-refractivity contribution >= 4 is 6.03 Å². The summed E-state index contributed by atoms with van der Waals surface area (Å²) < 4.78 is 0. The van der Waals surface area contributed by atoms with Crippen molar-refractivity contribution in [2.24, 2.45) is 0 Å². The highest BCUT2D eigenvalue weighted by atomic mass is 16.3. The number of carbonyl (C=O) groups is 1. The second kappa shape index (κ2) is 8.15. The molecule has 1 atom stereocenters. The number of rotatable bonds is 6. The zero-order chi connectivity index (χ0) is 15.9. The molecule has 2 rings (SSSR count). The van der Waals surface area contributed by atoms with Gasteiger partial charge >= 0.3 is 6.03 Å². The fourth-order valence-electron chi connectivity index (χ4n) is 2.69. The molecular formula is C17H27N3O2. The molecule has 5 nitrogen and oxygen atoms in total. The fraction of sp³-hybridized carbons (Fsp3) is 0.588. The number of likely N-dealkylation sites (N-methyl/N-ethyl adjacent to an activating group) is 1. The van der Waals surface area contributed by atoms with E-state index < -0.39 is 0 Å². The van der Waals surface area contributed by atoms with Crippen molar-refractivity contribution in [1.82, 2.24) is 15.1 Å². The average molecular weight is 305 g/mol. The summed E-state index contributed by atoms with van der Waals surface area (Å²) in [5.41, 5.74) is 2.89. The van der Waals surface area contributed by atoms with Crippen LogP contribution in [-0.2, 0) is 13.0 Å². The normalized spacial score (nSPS) is 16.0. The van der Waals surface area contributed by atoms with Crippen molar-refractivity contribution in [3.05, 3.63) is 35.4 Å². The number of carbonyl (C=O) groups excluding carboxylic acids is 1. The van der Waals surface area contributed by atoms with Crippen LogP contribution >= 0.6 is 0 Å². The molecule has 1 aliphatic rings. The molecule has 1 unspecified atom stereocenters. The molecule has 0 aromatic heterocycles. The van der Waals surface area contributed by atoms with Crippen molar-refractivity contribution in [1.29, 1.82) is 0 Å². The Morgan fingerprint density at radius 3 is 2.86 bits per heavy atom. The van der Waals surface area contributed by atoms with Crippen LogP contribution in [0.4, 0.5) is 4.79 Å².